The highest BCUT2D eigenvalue weighted by molar-refractivity contribution is 6.38. The van der Waals surface area contributed by atoms with Crippen molar-refractivity contribution < 1.29 is 14.7 Å². The number of benzene rings is 1. The molecule has 0 saturated heterocycles. The number of hydrogen-bond donors (Lipinski definition) is 1. The Kier molecular flexibility index (Phi) is 3.13. The number of anilines is 1. The Hall–Kier alpha value is -1.10. The number of Topliss-reactive ketones (excluding diaryl/α,β-unsaturated/α-hetero) is 1. The van der Waals surface area contributed by atoms with Crippen molar-refractivity contribution in [1.82, 2.24) is 0 Å². The Balaban J connectivity index is 2.72. The first kappa shape index (κ1) is 13.3. The van der Waals surface area contributed by atoms with Gasteiger partial charge in [0.05, 0.1) is 10.7 Å². The van der Waals surface area contributed by atoms with E-state index in [1.165, 1.54) is 24.9 Å². The second-order valence-electron chi connectivity index (χ2n) is 4.36. The Morgan fingerprint density at radius 1 is 1.39 bits per heavy atom. The molecule has 1 aromatic carbocycles. The smallest absolute Gasteiger partial charge is 0.263 e. The topological polar surface area (TPSA) is 57.6 Å². The molecular weight excluding hydrogens is 277 g/mol. The summed E-state index contributed by atoms with van der Waals surface area (Å²) in [4.78, 5) is 24.6. The zero-order valence-corrected chi connectivity index (χ0v) is 11.3. The molecule has 0 aliphatic carbocycles. The lowest BCUT2D eigenvalue weighted by Gasteiger charge is -2.20. The monoisotopic (exact) mass is 287 g/mol. The fourth-order valence-corrected chi connectivity index (χ4v) is 2.87. The molecule has 1 atom stereocenters. The third kappa shape index (κ3) is 1.72. The van der Waals surface area contributed by atoms with Crippen LogP contribution in [-0.4, -0.2) is 23.8 Å². The van der Waals surface area contributed by atoms with Crippen LogP contribution in [0.3, 0.4) is 0 Å². The van der Waals surface area contributed by atoms with Crippen LogP contribution in [0.25, 0.3) is 0 Å². The van der Waals surface area contributed by atoms with Crippen molar-refractivity contribution >= 4 is 40.6 Å². The molecule has 1 amide bonds. The molecule has 0 radical (unpaired) electrons. The van der Waals surface area contributed by atoms with Gasteiger partial charge in [0.25, 0.3) is 5.91 Å². The van der Waals surface area contributed by atoms with Gasteiger partial charge in [0, 0.05) is 24.1 Å². The fourth-order valence-electron chi connectivity index (χ4n) is 2.27. The van der Waals surface area contributed by atoms with Crippen LogP contribution >= 0.6 is 23.2 Å². The minimum atomic E-state index is -1.92. The molecule has 18 heavy (non-hydrogen) atoms. The van der Waals surface area contributed by atoms with Gasteiger partial charge in [-0.3, -0.25) is 9.59 Å². The number of rotatable bonds is 2. The normalized spacial score (nSPS) is 22.3. The standard InChI is InChI=1S/C12H11Cl2NO3/c1-6(16)5-12(18)9-7(13)3-4-8(14)10(9)15(2)11(12)17/h3-4,18H,5H2,1-2H3. The molecule has 1 heterocycles. The number of fused-ring (bicyclic) bond motifs is 1. The van der Waals surface area contributed by atoms with Crippen LogP contribution in [0.1, 0.15) is 18.9 Å². The van der Waals surface area contributed by atoms with Crippen LogP contribution in [-0.2, 0) is 15.2 Å². The quantitative estimate of drug-likeness (QED) is 0.907. The van der Waals surface area contributed by atoms with Crippen molar-refractivity contribution in [3.05, 3.63) is 27.7 Å². The van der Waals surface area contributed by atoms with Crippen LogP contribution in [0.15, 0.2) is 12.1 Å². The third-order valence-electron chi connectivity index (χ3n) is 2.99. The van der Waals surface area contributed by atoms with E-state index in [1.807, 2.05) is 0 Å². The van der Waals surface area contributed by atoms with Crippen molar-refractivity contribution in [2.75, 3.05) is 11.9 Å². The van der Waals surface area contributed by atoms with Gasteiger partial charge in [-0.2, -0.15) is 0 Å². The first-order chi connectivity index (χ1) is 8.29. The molecule has 1 aliphatic rings. The van der Waals surface area contributed by atoms with Crippen LogP contribution in [0.5, 0.6) is 0 Å². The van der Waals surface area contributed by atoms with Gasteiger partial charge >= 0.3 is 0 Å². The molecule has 0 aromatic heterocycles. The Morgan fingerprint density at radius 3 is 2.50 bits per heavy atom. The predicted molar refractivity (Wildman–Crippen MR) is 69.1 cm³/mol. The third-order valence-corrected chi connectivity index (χ3v) is 3.61. The van der Waals surface area contributed by atoms with E-state index < -0.39 is 11.5 Å². The molecule has 0 bridgehead atoms. The van der Waals surface area contributed by atoms with E-state index in [0.29, 0.717) is 10.7 Å². The number of ketones is 1. The van der Waals surface area contributed by atoms with Crippen LogP contribution < -0.4 is 4.90 Å². The van der Waals surface area contributed by atoms with Gasteiger partial charge in [-0.05, 0) is 19.1 Å². The average molecular weight is 288 g/mol. The summed E-state index contributed by atoms with van der Waals surface area (Å²) in [6.07, 6.45) is -0.316. The maximum atomic E-state index is 12.1. The summed E-state index contributed by atoms with van der Waals surface area (Å²) in [6, 6.07) is 3.05. The number of nitrogens with zero attached hydrogens (tertiary/aromatic N) is 1. The van der Waals surface area contributed by atoms with E-state index in [9.17, 15) is 14.7 Å². The highest BCUT2D eigenvalue weighted by atomic mass is 35.5. The van der Waals surface area contributed by atoms with Gasteiger partial charge in [-0.15, -0.1) is 0 Å². The van der Waals surface area contributed by atoms with Gasteiger partial charge in [0.1, 0.15) is 5.78 Å². The summed E-state index contributed by atoms with van der Waals surface area (Å²) in [5.41, 5.74) is -1.35. The second kappa shape index (κ2) is 4.23. The second-order valence-corrected chi connectivity index (χ2v) is 5.17. The van der Waals surface area contributed by atoms with E-state index in [0.717, 1.165) is 0 Å². The Labute approximate surface area is 114 Å². The summed E-state index contributed by atoms with van der Waals surface area (Å²) in [7, 11) is 1.49. The minimum absolute atomic E-state index is 0.208. The number of carbonyl (C=O) groups excluding carboxylic acids is 2. The highest BCUT2D eigenvalue weighted by Gasteiger charge is 2.51. The van der Waals surface area contributed by atoms with Crippen LogP contribution in [0.2, 0.25) is 10.0 Å². The number of halogens is 2. The van der Waals surface area contributed by atoms with Gasteiger partial charge in [-0.25, -0.2) is 0 Å². The van der Waals surface area contributed by atoms with E-state index >= 15 is 0 Å². The molecule has 1 aromatic rings. The summed E-state index contributed by atoms with van der Waals surface area (Å²) >= 11 is 12.0. The number of amides is 1. The maximum Gasteiger partial charge on any atom is 0.263 e. The van der Waals surface area contributed by atoms with Gasteiger partial charge < -0.3 is 10.0 Å². The van der Waals surface area contributed by atoms with E-state index in [-0.39, 0.29) is 22.8 Å². The molecule has 1 unspecified atom stereocenters. The predicted octanol–water partition coefficient (Wildman–Crippen LogP) is 2.14. The van der Waals surface area contributed by atoms with E-state index in [4.69, 9.17) is 23.2 Å². The van der Waals surface area contributed by atoms with Crippen molar-refractivity contribution in [3.8, 4) is 0 Å². The summed E-state index contributed by atoms with van der Waals surface area (Å²) in [5, 5.41) is 11.0. The van der Waals surface area contributed by atoms with Crippen LogP contribution in [0.4, 0.5) is 5.69 Å². The van der Waals surface area contributed by atoms with Gasteiger partial charge in [0.15, 0.2) is 5.60 Å². The first-order valence-corrected chi connectivity index (χ1v) is 6.03. The average Bonchev–Trinajstić information content (AvgIpc) is 2.46. The van der Waals surface area contributed by atoms with E-state index in [2.05, 4.69) is 0 Å². The largest absolute Gasteiger partial charge is 0.375 e. The lowest BCUT2D eigenvalue weighted by Crippen LogP contribution is -2.40. The molecule has 1 aliphatic heterocycles. The molecule has 0 spiro atoms. The molecule has 2 rings (SSSR count). The zero-order chi connectivity index (χ0) is 13.7. The Bertz CT molecular complexity index is 558. The lowest BCUT2D eigenvalue weighted by atomic mass is 9.90. The molecule has 96 valence electrons. The molecular formula is C12H11Cl2NO3. The fraction of sp³-hybridized carbons (Fsp3) is 0.333. The summed E-state index contributed by atoms with van der Waals surface area (Å²) in [6.45, 7) is 1.31. The zero-order valence-electron chi connectivity index (χ0n) is 9.83. The number of likely N-dealkylation sites (N-methyl/N-ethyl adjacent to an activating group) is 1. The minimum Gasteiger partial charge on any atom is -0.375 e. The van der Waals surface area contributed by atoms with Crippen molar-refractivity contribution in [2.45, 2.75) is 18.9 Å². The molecule has 4 nitrogen and oxygen atoms in total. The molecule has 0 fully saturated rings. The number of carbonyl (C=O) groups is 2. The SMILES string of the molecule is CC(=O)CC1(O)C(=O)N(C)c2c(Cl)ccc(Cl)c21. The number of hydrogen-bond acceptors (Lipinski definition) is 3. The van der Waals surface area contributed by atoms with Crippen molar-refractivity contribution in [2.24, 2.45) is 0 Å². The summed E-state index contributed by atoms with van der Waals surface area (Å²) < 4.78 is 0. The first-order valence-electron chi connectivity index (χ1n) is 5.27. The lowest BCUT2D eigenvalue weighted by molar-refractivity contribution is -0.141. The van der Waals surface area contributed by atoms with Gasteiger partial charge in [0.2, 0.25) is 0 Å². The molecule has 1 N–H and O–H groups in total. The highest BCUT2D eigenvalue weighted by Crippen LogP contribution is 2.48. The van der Waals surface area contributed by atoms with Crippen LogP contribution in [0, 0.1) is 0 Å². The molecule has 0 saturated carbocycles. The van der Waals surface area contributed by atoms with Crippen molar-refractivity contribution in [3.63, 3.8) is 0 Å². The Morgan fingerprint density at radius 2 is 1.94 bits per heavy atom. The van der Waals surface area contributed by atoms with Gasteiger partial charge in [-0.1, -0.05) is 23.2 Å². The van der Waals surface area contributed by atoms with E-state index in [1.54, 1.807) is 6.07 Å². The molecule has 6 heteroatoms. The van der Waals surface area contributed by atoms with Crippen molar-refractivity contribution in [1.29, 1.82) is 0 Å². The maximum absolute atomic E-state index is 12.1. The number of aliphatic hydroxyl groups is 1. The summed E-state index contributed by atoms with van der Waals surface area (Å²) in [5.74, 6) is -0.897.